The van der Waals surface area contributed by atoms with Gasteiger partial charge in [-0.2, -0.15) is 12.7 Å². The first kappa shape index (κ1) is 20.9. The number of pyridine rings is 1. The van der Waals surface area contributed by atoms with E-state index in [1.807, 2.05) is 0 Å². The average Bonchev–Trinajstić information content (AvgIpc) is 3.07. The molecule has 0 bridgehead atoms. The van der Waals surface area contributed by atoms with E-state index < -0.39 is 38.9 Å². The summed E-state index contributed by atoms with van der Waals surface area (Å²) in [6, 6.07) is 3.48. The molecule has 0 atom stereocenters. The molecule has 154 valence electrons. The molecule has 1 aromatic carbocycles. The van der Waals surface area contributed by atoms with Crippen molar-refractivity contribution in [2.75, 3.05) is 17.8 Å². The lowest BCUT2D eigenvalue weighted by atomic mass is 10.0. The molecule has 2 aromatic heterocycles. The van der Waals surface area contributed by atoms with Crippen molar-refractivity contribution in [2.45, 2.75) is 20.8 Å². The van der Waals surface area contributed by atoms with E-state index in [1.54, 1.807) is 33.0 Å². The summed E-state index contributed by atoms with van der Waals surface area (Å²) < 4.78 is 57.3. The number of ketones is 1. The number of aromatic amines is 1. The normalized spacial score (nSPS) is 11.9. The second-order valence-corrected chi connectivity index (χ2v) is 8.09. The molecule has 0 amide bonds. The summed E-state index contributed by atoms with van der Waals surface area (Å²) in [5.74, 6) is -3.28. The van der Waals surface area contributed by atoms with E-state index in [2.05, 4.69) is 14.7 Å². The van der Waals surface area contributed by atoms with Crippen molar-refractivity contribution < 1.29 is 22.0 Å². The minimum Gasteiger partial charge on any atom is -0.345 e. The van der Waals surface area contributed by atoms with Crippen LogP contribution in [0.25, 0.3) is 11.0 Å². The molecule has 0 spiro atoms. The van der Waals surface area contributed by atoms with Crippen molar-refractivity contribution in [3.8, 4) is 0 Å². The predicted molar refractivity (Wildman–Crippen MR) is 106 cm³/mol. The topological polar surface area (TPSA) is 95.2 Å². The summed E-state index contributed by atoms with van der Waals surface area (Å²) >= 11 is 0. The van der Waals surface area contributed by atoms with Crippen LogP contribution in [-0.4, -0.2) is 41.6 Å². The van der Waals surface area contributed by atoms with E-state index in [4.69, 9.17) is 0 Å². The zero-order valence-electron chi connectivity index (χ0n) is 16.1. The number of nitrogens with zero attached hydrogens (tertiary/aromatic N) is 2. The highest BCUT2D eigenvalue weighted by molar-refractivity contribution is 7.90. The average molecular weight is 422 g/mol. The van der Waals surface area contributed by atoms with Crippen LogP contribution in [0.4, 0.5) is 14.5 Å². The summed E-state index contributed by atoms with van der Waals surface area (Å²) in [7, 11) is -4.05. The van der Waals surface area contributed by atoms with E-state index in [0.717, 1.165) is 22.0 Å². The van der Waals surface area contributed by atoms with Gasteiger partial charge in [0.15, 0.2) is 5.82 Å². The Bertz CT molecular complexity index is 1190. The molecule has 0 radical (unpaired) electrons. The Kier molecular flexibility index (Phi) is 5.67. The van der Waals surface area contributed by atoms with Crippen LogP contribution in [0.3, 0.4) is 0 Å². The lowest BCUT2D eigenvalue weighted by Gasteiger charge is -2.20. The molecule has 7 nitrogen and oxygen atoms in total. The summed E-state index contributed by atoms with van der Waals surface area (Å²) in [6.45, 7) is 5.37. The molecule has 2 heterocycles. The fraction of sp³-hybridized carbons (Fsp3) is 0.263. The van der Waals surface area contributed by atoms with Gasteiger partial charge >= 0.3 is 10.2 Å². The Labute approximate surface area is 166 Å². The van der Waals surface area contributed by atoms with Gasteiger partial charge in [-0.3, -0.25) is 9.52 Å². The molecule has 3 rings (SSSR count). The monoisotopic (exact) mass is 422 g/mol. The smallest absolute Gasteiger partial charge is 0.301 e. The van der Waals surface area contributed by atoms with Crippen LogP contribution >= 0.6 is 0 Å². The quantitative estimate of drug-likeness (QED) is 0.571. The number of nitrogens with one attached hydrogen (secondary N) is 2. The number of halogens is 2. The van der Waals surface area contributed by atoms with Crippen molar-refractivity contribution in [3.63, 3.8) is 0 Å². The summed E-state index contributed by atoms with van der Waals surface area (Å²) in [5, 5.41) is 0.419. The molecular formula is C19H20F2N4O3S. The molecule has 0 fully saturated rings. The van der Waals surface area contributed by atoms with Gasteiger partial charge in [-0.05, 0) is 30.7 Å². The summed E-state index contributed by atoms with van der Waals surface area (Å²) in [5.41, 5.74) is -0.133. The Morgan fingerprint density at radius 3 is 2.59 bits per heavy atom. The number of H-pyrrole nitrogens is 1. The van der Waals surface area contributed by atoms with Crippen molar-refractivity contribution in [1.82, 2.24) is 14.3 Å². The standard InChI is InChI=1S/C19H20F2N4O3S/c1-4-25(5-2)29(27,28)24-15-7-6-14(20)16(17(15)21)18(26)13-10-23-19-12(13)8-11(3)9-22-19/h6-10,24H,4-5H2,1-3H3,(H,22,23). The van der Waals surface area contributed by atoms with Crippen LogP contribution in [0.15, 0.2) is 30.6 Å². The third kappa shape index (κ3) is 3.85. The van der Waals surface area contributed by atoms with Gasteiger partial charge in [-0.1, -0.05) is 13.8 Å². The molecule has 0 aliphatic carbocycles. The Hall–Kier alpha value is -2.85. The van der Waals surface area contributed by atoms with Gasteiger partial charge in [-0.15, -0.1) is 0 Å². The molecule has 3 aromatic rings. The molecule has 0 unspecified atom stereocenters. The Morgan fingerprint density at radius 2 is 1.93 bits per heavy atom. The van der Waals surface area contributed by atoms with Gasteiger partial charge in [0.2, 0.25) is 5.78 Å². The maximum atomic E-state index is 15.0. The number of hydrogen-bond acceptors (Lipinski definition) is 4. The highest BCUT2D eigenvalue weighted by Crippen LogP contribution is 2.28. The second kappa shape index (κ2) is 7.88. The largest absolute Gasteiger partial charge is 0.345 e. The molecule has 0 aliphatic heterocycles. The molecular weight excluding hydrogens is 402 g/mol. The number of carbonyl (C=O) groups is 1. The van der Waals surface area contributed by atoms with E-state index in [1.165, 1.54) is 6.20 Å². The van der Waals surface area contributed by atoms with Gasteiger partial charge in [0.25, 0.3) is 0 Å². The SMILES string of the molecule is CCN(CC)S(=O)(=O)Nc1ccc(F)c(C(=O)c2c[nH]c3ncc(C)cc23)c1F. The predicted octanol–water partition coefficient (Wildman–Crippen LogP) is 3.38. The molecule has 0 aliphatic rings. The highest BCUT2D eigenvalue weighted by Gasteiger charge is 2.27. The fourth-order valence-corrected chi connectivity index (χ4v) is 4.28. The zero-order chi connectivity index (χ0) is 21.3. The third-order valence-electron chi connectivity index (χ3n) is 4.51. The van der Waals surface area contributed by atoms with Crippen LogP contribution in [0.5, 0.6) is 0 Å². The van der Waals surface area contributed by atoms with Crippen molar-refractivity contribution in [1.29, 1.82) is 0 Å². The molecule has 29 heavy (non-hydrogen) atoms. The number of anilines is 1. The third-order valence-corrected chi connectivity index (χ3v) is 6.19. The zero-order valence-corrected chi connectivity index (χ0v) is 16.9. The lowest BCUT2D eigenvalue weighted by molar-refractivity contribution is 0.103. The van der Waals surface area contributed by atoms with Crippen LogP contribution < -0.4 is 4.72 Å². The van der Waals surface area contributed by atoms with E-state index in [-0.39, 0.29) is 18.7 Å². The van der Waals surface area contributed by atoms with Crippen molar-refractivity contribution >= 4 is 32.7 Å². The van der Waals surface area contributed by atoms with E-state index in [0.29, 0.717) is 11.0 Å². The second-order valence-electron chi connectivity index (χ2n) is 6.42. The van der Waals surface area contributed by atoms with Gasteiger partial charge in [0.05, 0.1) is 11.3 Å². The number of rotatable bonds is 7. The number of aromatic nitrogens is 2. The maximum Gasteiger partial charge on any atom is 0.301 e. The molecule has 0 saturated heterocycles. The Morgan fingerprint density at radius 1 is 1.24 bits per heavy atom. The number of benzene rings is 1. The number of carbonyl (C=O) groups excluding carboxylic acids is 1. The van der Waals surface area contributed by atoms with E-state index in [9.17, 15) is 17.6 Å². The first-order chi connectivity index (χ1) is 13.7. The van der Waals surface area contributed by atoms with Crippen molar-refractivity contribution in [3.05, 3.63) is 58.9 Å². The van der Waals surface area contributed by atoms with Crippen molar-refractivity contribution in [2.24, 2.45) is 0 Å². The molecule has 10 heteroatoms. The number of fused-ring (bicyclic) bond motifs is 1. The van der Waals surface area contributed by atoms with Gasteiger partial charge in [0.1, 0.15) is 11.5 Å². The Balaban J connectivity index is 2.07. The van der Waals surface area contributed by atoms with Crippen LogP contribution in [0, 0.1) is 18.6 Å². The number of aryl methyl sites for hydroxylation is 1. The maximum absolute atomic E-state index is 15.0. The first-order valence-electron chi connectivity index (χ1n) is 8.93. The van der Waals surface area contributed by atoms with E-state index >= 15 is 4.39 Å². The summed E-state index contributed by atoms with van der Waals surface area (Å²) in [6.07, 6.45) is 2.92. The van der Waals surface area contributed by atoms with Gasteiger partial charge < -0.3 is 4.98 Å². The van der Waals surface area contributed by atoms with Crippen LogP contribution in [0.2, 0.25) is 0 Å². The fourth-order valence-electron chi connectivity index (χ4n) is 3.04. The van der Waals surface area contributed by atoms with Gasteiger partial charge in [-0.25, -0.2) is 13.8 Å². The minimum absolute atomic E-state index is 0.0396. The molecule has 2 N–H and O–H groups in total. The van der Waals surface area contributed by atoms with Crippen LogP contribution in [-0.2, 0) is 10.2 Å². The molecule has 0 saturated carbocycles. The van der Waals surface area contributed by atoms with Gasteiger partial charge in [0, 0.05) is 36.4 Å². The highest BCUT2D eigenvalue weighted by atomic mass is 32.2. The first-order valence-corrected chi connectivity index (χ1v) is 10.4. The minimum atomic E-state index is -4.05. The number of hydrogen-bond donors (Lipinski definition) is 2. The van der Waals surface area contributed by atoms with Crippen LogP contribution in [0.1, 0.15) is 35.3 Å². The lowest BCUT2D eigenvalue weighted by Crippen LogP contribution is -2.35. The summed E-state index contributed by atoms with van der Waals surface area (Å²) in [4.78, 5) is 19.9.